The fourth-order valence-electron chi connectivity index (χ4n) is 1.97. The van der Waals surface area contributed by atoms with Gasteiger partial charge in [0.2, 0.25) is 0 Å². The van der Waals surface area contributed by atoms with Crippen LogP contribution in [0.25, 0.3) is 0 Å². The number of carbonyl (C=O) groups excluding carboxylic acids is 2. The van der Waals surface area contributed by atoms with E-state index >= 15 is 0 Å². The molecule has 96 valence electrons. The number of hydrogen-bond donors (Lipinski definition) is 2. The van der Waals surface area contributed by atoms with E-state index in [1.807, 2.05) is 0 Å². The molecule has 2 rings (SSSR count). The summed E-state index contributed by atoms with van der Waals surface area (Å²) >= 11 is 0. The minimum Gasteiger partial charge on any atom is -0.508 e. The van der Waals surface area contributed by atoms with Gasteiger partial charge in [0, 0.05) is 18.8 Å². The second-order valence-electron chi connectivity index (χ2n) is 4.35. The number of benzene rings is 1. The molecule has 0 unspecified atom stereocenters. The molecule has 0 bridgehead atoms. The molecule has 1 aliphatic heterocycles. The fourth-order valence-corrected chi connectivity index (χ4v) is 1.97. The largest absolute Gasteiger partial charge is 0.508 e. The quantitative estimate of drug-likeness (QED) is 0.582. The van der Waals surface area contributed by atoms with Gasteiger partial charge in [-0.25, -0.2) is 0 Å². The summed E-state index contributed by atoms with van der Waals surface area (Å²) in [7, 11) is 0. The molecule has 0 radical (unpaired) electrons. The minimum absolute atomic E-state index is 0.121. The Bertz CT molecular complexity index is 436. The highest BCUT2D eigenvalue weighted by Gasteiger charge is 2.23. The highest BCUT2D eigenvalue weighted by molar-refractivity contribution is 6.39. The maximum atomic E-state index is 11.8. The van der Waals surface area contributed by atoms with Gasteiger partial charge in [0.1, 0.15) is 5.75 Å². The molecule has 5 nitrogen and oxygen atoms in total. The number of anilines is 1. The van der Waals surface area contributed by atoms with Crippen LogP contribution in [-0.2, 0) is 9.59 Å². The Kier molecular flexibility index (Phi) is 3.82. The van der Waals surface area contributed by atoms with E-state index < -0.39 is 11.8 Å². The third-order valence-electron chi connectivity index (χ3n) is 2.96. The Hall–Kier alpha value is -2.04. The first-order valence-corrected chi connectivity index (χ1v) is 6.06. The molecule has 1 saturated heterocycles. The topological polar surface area (TPSA) is 69.6 Å². The zero-order valence-corrected chi connectivity index (χ0v) is 10.1. The van der Waals surface area contributed by atoms with E-state index in [2.05, 4.69) is 5.32 Å². The first kappa shape index (κ1) is 12.4. The molecule has 18 heavy (non-hydrogen) atoms. The molecule has 1 heterocycles. The highest BCUT2D eigenvalue weighted by Crippen LogP contribution is 2.14. The fraction of sp³-hybridized carbons (Fsp3) is 0.385. The average Bonchev–Trinajstić information content (AvgIpc) is 2.41. The van der Waals surface area contributed by atoms with Crippen LogP contribution in [-0.4, -0.2) is 34.9 Å². The van der Waals surface area contributed by atoms with Gasteiger partial charge >= 0.3 is 11.8 Å². The molecular formula is C13H16N2O3. The number of nitrogens with one attached hydrogen (secondary N) is 1. The zero-order valence-electron chi connectivity index (χ0n) is 10.1. The second-order valence-corrected chi connectivity index (χ2v) is 4.35. The van der Waals surface area contributed by atoms with Crippen LogP contribution in [0.4, 0.5) is 5.69 Å². The zero-order chi connectivity index (χ0) is 13.0. The van der Waals surface area contributed by atoms with E-state index in [-0.39, 0.29) is 5.75 Å². The van der Waals surface area contributed by atoms with E-state index in [0.717, 1.165) is 19.3 Å². The maximum absolute atomic E-state index is 11.8. The van der Waals surface area contributed by atoms with Gasteiger partial charge in [-0.2, -0.15) is 0 Å². The molecule has 0 atom stereocenters. The van der Waals surface area contributed by atoms with Gasteiger partial charge in [-0.1, -0.05) is 0 Å². The standard InChI is InChI=1S/C13H16N2O3/c16-11-6-4-10(5-7-11)14-12(17)13(18)15-8-2-1-3-9-15/h4-7,16H,1-3,8-9H2,(H,14,17). The first-order chi connectivity index (χ1) is 8.66. The average molecular weight is 248 g/mol. The van der Waals surface area contributed by atoms with Crippen molar-refractivity contribution in [2.24, 2.45) is 0 Å². The smallest absolute Gasteiger partial charge is 0.313 e. The normalized spacial score (nSPS) is 15.2. The highest BCUT2D eigenvalue weighted by atomic mass is 16.3. The van der Waals surface area contributed by atoms with E-state index in [1.165, 1.54) is 12.1 Å². The maximum Gasteiger partial charge on any atom is 0.313 e. The minimum atomic E-state index is -0.623. The third kappa shape index (κ3) is 3.00. The lowest BCUT2D eigenvalue weighted by Crippen LogP contribution is -2.42. The molecule has 2 amide bonds. The van der Waals surface area contributed by atoms with Crippen molar-refractivity contribution in [2.75, 3.05) is 18.4 Å². The number of phenolic OH excluding ortho intramolecular Hbond substituents is 1. The monoisotopic (exact) mass is 248 g/mol. The van der Waals surface area contributed by atoms with Crippen molar-refractivity contribution in [3.63, 3.8) is 0 Å². The number of nitrogens with zero attached hydrogens (tertiary/aromatic N) is 1. The third-order valence-corrected chi connectivity index (χ3v) is 2.96. The number of likely N-dealkylation sites (tertiary alicyclic amines) is 1. The number of amides is 2. The van der Waals surface area contributed by atoms with Gasteiger partial charge in [0.25, 0.3) is 0 Å². The summed E-state index contributed by atoms with van der Waals surface area (Å²) in [4.78, 5) is 25.1. The lowest BCUT2D eigenvalue weighted by Gasteiger charge is -2.25. The Labute approximate surface area is 105 Å². The van der Waals surface area contributed by atoms with Crippen molar-refractivity contribution < 1.29 is 14.7 Å². The molecule has 0 spiro atoms. The number of phenols is 1. The summed E-state index contributed by atoms with van der Waals surface area (Å²) in [6.45, 7) is 1.31. The van der Waals surface area contributed by atoms with E-state index in [0.29, 0.717) is 18.8 Å². The van der Waals surface area contributed by atoms with Crippen LogP contribution >= 0.6 is 0 Å². The number of hydrogen-bond acceptors (Lipinski definition) is 3. The Morgan fingerprint density at radius 2 is 1.67 bits per heavy atom. The molecule has 5 heteroatoms. The van der Waals surface area contributed by atoms with Crippen molar-refractivity contribution >= 4 is 17.5 Å². The van der Waals surface area contributed by atoms with Crippen LogP contribution in [0.2, 0.25) is 0 Å². The predicted molar refractivity (Wildman–Crippen MR) is 67.2 cm³/mol. The SMILES string of the molecule is O=C(Nc1ccc(O)cc1)C(=O)N1CCCCC1. The summed E-state index contributed by atoms with van der Waals surface area (Å²) in [5.74, 6) is -0.985. The van der Waals surface area contributed by atoms with E-state index in [4.69, 9.17) is 5.11 Å². The molecule has 0 aliphatic carbocycles. The van der Waals surface area contributed by atoms with Gasteiger partial charge in [0.05, 0.1) is 0 Å². The van der Waals surface area contributed by atoms with Gasteiger partial charge in [-0.15, -0.1) is 0 Å². The number of piperidine rings is 1. The van der Waals surface area contributed by atoms with Crippen molar-refractivity contribution in [3.8, 4) is 5.75 Å². The van der Waals surface area contributed by atoms with Crippen LogP contribution in [0.3, 0.4) is 0 Å². The van der Waals surface area contributed by atoms with E-state index in [9.17, 15) is 9.59 Å². The molecule has 1 aliphatic rings. The number of aromatic hydroxyl groups is 1. The molecule has 1 fully saturated rings. The molecule has 1 aromatic rings. The Morgan fingerprint density at radius 3 is 2.28 bits per heavy atom. The molecule has 0 aromatic heterocycles. The van der Waals surface area contributed by atoms with Crippen LogP contribution in [0.5, 0.6) is 5.75 Å². The number of carbonyl (C=O) groups is 2. The number of rotatable bonds is 1. The van der Waals surface area contributed by atoms with Gasteiger partial charge in [-0.05, 0) is 43.5 Å². The first-order valence-electron chi connectivity index (χ1n) is 6.06. The van der Waals surface area contributed by atoms with Crippen LogP contribution in [0.1, 0.15) is 19.3 Å². The second kappa shape index (κ2) is 5.53. The van der Waals surface area contributed by atoms with Gasteiger partial charge in [-0.3, -0.25) is 9.59 Å². The molecule has 2 N–H and O–H groups in total. The van der Waals surface area contributed by atoms with Crippen molar-refractivity contribution in [2.45, 2.75) is 19.3 Å². The van der Waals surface area contributed by atoms with Crippen LogP contribution < -0.4 is 5.32 Å². The van der Waals surface area contributed by atoms with Crippen LogP contribution in [0, 0.1) is 0 Å². The Morgan fingerprint density at radius 1 is 1.06 bits per heavy atom. The summed E-state index contributed by atoms with van der Waals surface area (Å²) in [6, 6.07) is 6.02. The Balaban J connectivity index is 1.94. The summed E-state index contributed by atoms with van der Waals surface area (Å²) in [6.07, 6.45) is 3.03. The summed E-state index contributed by atoms with van der Waals surface area (Å²) in [5, 5.41) is 11.6. The molecule has 0 saturated carbocycles. The van der Waals surface area contributed by atoms with Gasteiger partial charge < -0.3 is 15.3 Å². The summed E-state index contributed by atoms with van der Waals surface area (Å²) in [5.41, 5.74) is 0.503. The van der Waals surface area contributed by atoms with Crippen molar-refractivity contribution in [3.05, 3.63) is 24.3 Å². The molecular weight excluding hydrogens is 232 g/mol. The predicted octanol–water partition coefficient (Wildman–Crippen LogP) is 1.34. The summed E-state index contributed by atoms with van der Waals surface area (Å²) < 4.78 is 0. The van der Waals surface area contributed by atoms with E-state index in [1.54, 1.807) is 17.0 Å². The van der Waals surface area contributed by atoms with Crippen molar-refractivity contribution in [1.29, 1.82) is 0 Å². The van der Waals surface area contributed by atoms with Gasteiger partial charge in [0.15, 0.2) is 0 Å². The van der Waals surface area contributed by atoms with Crippen molar-refractivity contribution in [1.82, 2.24) is 4.90 Å². The lowest BCUT2D eigenvalue weighted by atomic mass is 10.1. The lowest BCUT2D eigenvalue weighted by molar-refractivity contribution is -0.143. The van der Waals surface area contributed by atoms with Crippen LogP contribution in [0.15, 0.2) is 24.3 Å². The molecule has 1 aromatic carbocycles.